The van der Waals surface area contributed by atoms with Gasteiger partial charge >= 0.3 is 5.97 Å². The van der Waals surface area contributed by atoms with Crippen LogP contribution in [0.2, 0.25) is 0 Å². The van der Waals surface area contributed by atoms with Crippen molar-refractivity contribution in [2.75, 3.05) is 18.2 Å². The molecule has 44 heavy (non-hydrogen) atoms. The first kappa shape index (κ1) is 30.2. The maximum absolute atomic E-state index is 13.6. The molecule has 0 heterocycles. The Morgan fingerprint density at radius 3 is 2.11 bits per heavy atom. The molecular formula is C29H22N2O11S2. The van der Waals surface area contributed by atoms with E-state index in [2.05, 4.69) is 5.32 Å². The number of aromatic carboxylic acids is 1. The summed E-state index contributed by atoms with van der Waals surface area (Å²) in [5, 5.41) is 21.8. The first-order valence-electron chi connectivity index (χ1n) is 12.5. The van der Waals surface area contributed by atoms with Crippen molar-refractivity contribution in [2.45, 2.75) is 15.5 Å². The van der Waals surface area contributed by atoms with Gasteiger partial charge in [0.05, 0.1) is 45.9 Å². The van der Waals surface area contributed by atoms with Gasteiger partial charge in [-0.15, -0.1) is 0 Å². The summed E-state index contributed by atoms with van der Waals surface area (Å²) in [6.45, 7) is 0. The van der Waals surface area contributed by atoms with E-state index in [-0.39, 0.29) is 44.3 Å². The fraction of sp³-hybridized carbons (Fsp3) is 0.0690. The van der Waals surface area contributed by atoms with Gasteiger partial charge in [0.15, 0.2) is 21.4 Å². The molecule has 0 aromatic heterocycles. The molecule has 1 aliphatic carbocycles. The second-order valence-electron chi connectivity index (χ2n) is 9.67. The molecule has 6 N–H and O–H groups in total. The van der Waals surface area contributed by atoms with Crippen LogP contribution in [0.15, 0.2) is 76.5 Å². The molecule has 0 atom stereocenters. The van der Waals surface area contributed by atoms with Gasteiger partial charge in [0.2, 0.25) is 0 Å². The van der Waals surface area contributed by atoms with Crippen LogP contribution in [-0.4, -0.2) is 56.2 Å². The molecular weight excluding hydrogens is 616 g/mol. The van der Waals surface area contributed by atoms with E-state index >= 15 is 0 Å². The first-order valence-corrected chi connectivity index (χ1v) is 15.6. The second-order valence-corrected chi connectivity index (χ2v) is 13.0. The summed E-state index contributed by atoms with van der Waals surface area (Å²) in [5.74, 6) is -4.07. The fourth-order valence-corrected chi connectivity index (χ4v) is 6.88. The van der Waals surface area contributed by atoms with Crippen LogP contribution in [0, 0.1) is 0 Å². The summed E-state index contributed by atoms with van der Waals surface area (Å²) in [6, 6.07) is 13.7. The molecule has 0 spiro atoms. The highest BCUT2D eigenvalue weighted by Crippen LogP contribution is 2.41. The van der Waals surface area contributed by atoms with Crippen LogP contribution in [0.3, 0.4) is 0 Å². The highest BCUT2D eigenvalue weighted by molar-refractivity contribution is 7.90. The number of nitrogen functional groups attached to an aromatic ring is 1. The van der Waals surface area contributed by atoms with Gasteiger partial charge in [0.25, 0.3) is 10.1 Å². The lowest BCUT2D eigenvalue weighted by Gasteiger charge is -2.24. The number of carbonyl (C=O) groups excluding carboxylic acids is 2. The number of sulfone groups is 1. The molecule has 0 fully saturated rings. The monoisotopic (exact) mass is 638 g/mol. The number of carboxylic acid groups (broad SMARTS) is 1. The van der Waals surface area contributed by atoms with E-state index in [0.717, 1.165) is 24.3 Å². The number of carbonyl (C=O) groups is 3. The van der Waals surface area contributed by atoms with Crippen LogP contribution in [0.5, 0.6) is 11.5 Å². The van der Waals surface area contributed by atoms with E-state index in [1.165, 1.54) is 43.5 Å². The molecule has 13 nitrogen and oxygen atoms in total. The summed E-state index contributed by atoms with van der Waals surface area (Å²) >= 11 is 0. The van der Waals surface area contributed by atoms with E-state index in [0.29, 0.717) is 0 Å². The van der Waals surface area contributed by atoms with E-state index in [9.17, 15) is 46.0 Å². The third kappa shape index (κ3) is 5.23. The van der Waals surface area contributed by atoms with E-state index in [1.54, 1.807) is 6.07 Å². The standard InChI is InChI=1S/C29H22N2O11S2/c1-42-22-9-6-14(13-43(37,38)15-7-8-21(32)18(11-15)29(35)36)10-19(22)31-20-12-23(44(39,40)41)26(30)25-24(20)27(33)16-4-2-3-5-17(16)28(25)34/h2-12,31-32H,13,30H2,1H3,(H,35,36)(H,39,40,41). The molecule has 0 aliphatic heterocycles. The summed E-state index contributed by atoms with van der Waals surface area (Å²) in [5.41, 5.74) is 4.07. The number of hydrogen-bond acceptors (Lipinski definition) is 11. The van der Waals surface area contributed by atoms with Crippen molar-refractivity contribution in [1.82, 2.24) is 0 Å². The van der Waals surface area contributed by atoms with Crippen molar-refractivity contribution in [3.05, 3.63) is 100 Å². The molecule has 5 rings (SSSR count). The average molecular weight is 639 g/mol. The minimum Gasteiger partial charge on any atom is -0.507 e. The Kier molecular flexibility index (Phi) is 7.41. The zero-order valence-corrected chi connectivity index (χ0v) is 24.2. The molecule has 4 aromatic rings. The summed E-state index contributed by atoms with van der Waals surface area (Å²) in [4.78, 5) is 37.2. The summed E-state index contributed by atoms with van der Waals surface area (Å²) in [7, 11) is -7.85. The van der Waals surface area contributed by atoms with E-state index in [4.69, 9.17) is 10.5 Å². The number of phenols is 1. The Bertz CT molecular complexity index is 2140. The maximum atomic E-state index is 13.6. The predicted octanol–water partition coefficient (Wildman–Crippen LogP) is 3.42. The smallest absolute Gasteiger partial charge is 0.339 e. The van der Waals surface area contributed by atoms with Crippen LogP contribution in [0.1, 0.15) is 47.8 Å². The molecule has 0 unspecified atom stereocenters. The minimum absolute atomic E-state index is 0.0137. The van der Waals surface area contributed by atoms with Gasteiger partial charge in [-0.3, -0.25) is 14.1 Å². The Morgan fingerprint density at radius 2 is 1.52 bits per heavy atom. The topological polar surface area (TPSA) is 227 Å². The number of fused-ring (bicyclic) bond motifs is 2. The van der Waals surface area contributed by atoms with E-state index in [1.807, 2.05) is 0 Å². The first-order chi connectivity index (χ1) is 20.6. The van der Waals surface area contributed by atoms with Crippen molar-refractivity contribution >= 4 is 54.6 Å². The number of carboxylic acids is 1. The van der Waals surface area contributed by atoms with Crippen LogP contribution in [0.25, 0.3) is 0 Å². The number of ketones is 2. The van der Waals surface area contributed by atoms with Gasteiger partial charge in [-0.05, 0) is 42.0 Å². The van der Waals surface area contributed by atoms with Crippen LogP contribution < -0.4 is 15.8 Å². The number of nitrogens with one attached hydrogen (secondary N) is 1. The Morgan fingerprint density at radius 1 is 0.886 bits per heavy atom. The number of ether oxygens (including phenoxy) is 1. The number of nitrogens with two attached hydrogens (primary N) is 1. The number of rotatable bonds is 8. The lowest BCUT2D eigenvalue weighted by atomic mass is 9.82. The second kappa shape index (κ2) is 10.8. The van der Waals surface area contributed by atoms with Crippen molar-refractivity contribution in [3.63, 3.8) is 0 Å². The van der Waals surface area contributed by atoms with Crippen molar-refractivity contribution in [2.24, 2.45) is 0 Å². The highest BCUT2D eigenvalue weighted by Gasteiger charge is 2.36. The van der Waals surface area contributed by atoms with Gasteiger partial charge in [-0.25, -0.2) is 13.2 Å². The molecule has 0 saturated carbocycles. The van der Waals surface area contributed by atoms with Gasteiger partial charge in [-0.1, -0.05) is 30.3 Å². The van der Waals surface area contributed by atoms with Crippen LogP contribution in [0.4, 0.5) is 17.1 Å². The Hall–Kier alpha value is -5.25. The van der Waals surface area contributed by atoms with Gasteiger partial charge < -0.3 is 26.0 Å². The molecule has 0 radical (unpaired) electrons. The highest BCUT2D eigenvalue weighted by atomic mass is 32.2. The minimum atomic E-state index is -4.99. The summed E-state index contributed by atoms with van der Waals surface area (Å²) in [6.07, 6.45) is 0. The molecule has 15 heteroatoms. The van der Waals surface area contributed by atoms with Crippen molar-refractivity contribution in [3.8, 4) is 11.5 Å². The molecule has 1 aliphatic rings. The number of benzene rings is 4. The molecule has 0 amide bonds. The zero-order valence-electron chi connectivity index (χ0n) is 22.6. The van der Waals surface area contributed by atoms with Crippen LogP contribution in [-0.2, 0) is 25.7 Å². The van der Waals surface area contributed by atoms with Gasteiger partial charge in [0, 0.05) is 11.1 Å². The van der Waals surface area contributed by atoms with Crippen LogP contribution >= 0.6 is 0 Å². The van der Waals surface area contributed by atoms with Crippen molar-refractivity contribution < 1.29 is 50.7 Å². The molecule has 0 bridgehead atoms. The normalized spacial score (nSPS) is 12.8. The lowest BCUT2D eigenvalue weighted by Crippen LogP contribution is -2.25. The number of aromatic hydroxyl groups is 1. The predicted molar refractivity (Wildman–Crippen MR) is 156 cm³/mol. The molecule has 0 saturated heterocycles. The molecule has 226 valence electrons. The van der Waals surface area contributed by atoms with Crippen molar-refractivity contribution in [1.29, 1.82) is 0 Å². The molecule has 4 aromatic carbocycles. The third-order valence-corrected chi connectivity index (χ3v) is 9.50. The quantitative estimate of drug-likeness (QED) is 0.121. The SMILES string of the molecule is COc1ccc(CS(=O)(=O)c2ccc(O)c(C(=O)O)c2)cc1Nc1cc(S(=O)(=O)O)c(N)c2c1C(=O)c1ccccc1C2=O. The van der Waals surface area contributed by atoms with E-state index < -0.39 is 70.7 Å². The largest absolute Gasteiger partial charge is 0.507 e. The maximum Gasteiger partial charge on any atom is 0.339 e. The Labute approximate surface area is 250 Å². The number of methoxy groups -OCH3 is 1. The number of hydrogen-bond donors (Lipinski definition) is 5. The average Bonchev–Trinajstić information content (AvgIpc) is 2.96. The zero-order chi connectivity index (χ0) is 32.1. The fourth-order valence-electron chi connectivity index (χ4n) is 4.88. The van der Waals surface area contributed by atoms with Gasteiger partial charge in [-0.2, -0.15) is 8.42 Å². The Balaban J connectivity index is 1.63. The lowest BCUT2D eigenvalue weighted by molar-refractivity contribution is 0.0693. The summed E-state index contributed by atoms with van der Waals surface area (Å²) < 4.78 is 66.1. The third-order valence-electron chi connectivity index (χ3n) is 6.93. The van der Waals surface area contributed by atoms with Gasteiger partial charge in [0.1, 0.15) is 22.0 Å². The number of anilines is 3.